The quantitative estimate of drug-likeness (QED) is 0.320. The van der Waals surface area contributed by atoms with Crippen LogP contribution in [0.2, 0.25) is 0 Å². The Balaban J connectivity index is 2.66. The molecule has 1 aromatic rings. The van der Waals surface area contributed by atoms with Gasteiger partial charge in [-0.2, -0.15) is 0 Å². The number of hydrogen-bond acceptors (Lipinski definition) is 2. The molecule has 0 aromatic heterocycles. The summed E-state index contributed by atoms with van der Waals surface area (Å²) in [5, 5.41) is 3.42. The van der Waals surface area contributed by atoms with Crippen molar-refractivity contribution in [2.45, 2.75) is 4.90 Å². The molecule has 72 valence electrons. The molecule has 3 nitrogen and oxygen atoms in total. The van der Waals surface area contributed by atoms with E-state index in [0.717, 1.165) is 5.56 Å². The lowest BCUT2D eigenvalue weighted by atomic mass is 10.2. The van der Waals surface area contributed by atoms with Crippen molar-refractivity contribution in [2.24, 2.45) is 5.11 Å². The van der Waals surface area contributed by atoms with Crippen LogP contribution in [-0.2, 0) is 0 Å². The van der Waals surface area contributed by atoms with Crippen LogP contribution >= 0.6 is 11.8 Å². The minimum absolute atomic E-state index is 0.403. The zero-order valence-electron chi connectivity index (χ0n) is 7.92. The van der Waals surface area contributed by atoms with Gasteiger partial charge in [0.15, 0.2) is 0 Å². The highest BCUT2D eigenvalue weighted by atomic mass is 32.2. The van der Waals surface area contributed by atoms with E-state index >= 15 is 0 Å². The summed E-state index contributed by atoms with van der Waals surface area (Å²) in [4.78, 5) is 3.90. The van der Waals surface area contributed by atoms with Crippen LogP contribution in [0.15, 0.2) is 40.4 Å². The summed E-state index contributed by atoms with van der Waals surface area (Å²) in [6.07, 6.45) is 5.84. The maximum Gasteiger partial charge on any atom is 0.0443 e. The molecule has 0 spiro atoms. The van der Waals surface area contributed by atoms with E-state index in [1.54, 1.807) is 11.8 Å². The summed E-state index contributed by atoms with van der Waals surface area (Å²) in [5.74, 6) is 0. The lowest BCUT2D eigenvalue weighted by Crippen LogP contribution is -1.74. The van der Waals surface area contributed by atoms with Gasteiger partial charge in [-0.25, -0.2) is 0 Å². The summed E-state index contributed by atoms with van der Waals surface area (Å²) in [7, 11) is 0. The first-order valence-corrected chi connectivity index (χ1v) is 5.40. The van der Waals surface area contributed by atoms with Crippen LogP contribution in [0.4, 0.5) is 0 Å². The predicted octanol–water partition coefficient (Wildman–Crippen LogP) is 3.73. The second kappa shape index (κ2) is 6.13. The smallest absolute Gasteiger partial charge is 0.0443 e. The SMILES string of the molecule is CSc1cccc(C=CCN=[N+]=[N-])c1. The van der Waals surface area contributed by atoms with Gasteiger partial charge in [-0.3, -0.25) is 0 Å². The van der Waals surface area contributed by atoms with Gasteiger partial charge in [0.25, 0.3) is 0 Å². The molecule has 1 rings (SSSR count). The van der Waals surface area contributed by atoms with Crippen LogP contribution in [0, 0.1) is 0 Å². The third-order valence-electron chi connectivity index (χ3n) is 1.65. The van der Waals surface area contributed by atoms with Gasteiger partial charge < -0.3 is 0 Å². The highest BCUT2D eigenvalue weighted by Gasteiger charge is 1.89. The fourth-order valence-corrected chi connectivity index (χ4v) is 1.49. The molecule has 0 unspecified atom stereocenters. The van der Waals surface area contributed by atoms with Crippen molar-refractivity contribution in [3.8, 4) is 0 Å². The van der Waals surface area contributed by atoms with Crippen LogP contribution in [0.5, 0.6) is 0 Å². The van der Waals surface area contributed by atoms with Crippen molar-refractivity contribution >= 4 is 17.8 Å². The van der Waals surface area contributed by atoms with Crippen molar-refractivity contribution in [1.29, 1.82) is 0 Å². The van der Waals surface area contributed by atoms with Crippen molar-refractivity contribution in [3.05, 3.63) is 46.3 Å². The van der Waals surface area contributed by atoms with E-state index in [9.17, 15) is 0 Å². The Morgan fingerprint density at radius 1 is 1.57 bits per heavy atom. The van der Waals surface area contributed by atoms with Crippen LogP contribution < -0.4 is 0 Å². The monoisotopic (exact) mass is 205 g/mol. The highest BCUT2D eigenvalue weighted by Crippen LogP contribution is 2.16. The van der Waals surface area contributed by atoms with E-state index in [1.807, 2.05) is 30.5 Å². The van der Waals surface area contributed by atoms with Gasteiger partial charge in [-0.15, -0.1) is 11.8 Å². The van der Waals surface area contributed by atoms with E-state index < -0.39 is 0 Å². The fourth-order valence-electron chi connectivity index (χ4n) is 1.02. The van der Waals surface area contributed by atoms with Gasteiger partial charge in [-0.1, -0.05) is 29.4 Å². The van der Waals surface area contributed by atoms with Gasteiger partial charge in [0.1, 0.15) is 0 Å². The molecule has 0 amide bonds. The lowest BCUT2D eigenvalue weighted by molar-refractivity contribution is 1.22. The first kappa shape index (κ1) is 10.7. The molecule has 0 N–H and O–H groups in total. The van der Waals surface area contributed by atoms with Crippen molar-refractivity contribution in [3.63, 3.8) is 0 Å². The van der Waals surface area contributed by atoms with E-state index in [4.69, 9.17) is 5.53 Å². The third kappa shape index (κ3) is 3.56. The Labute approximate surface area is 87.5 Å². The lowest BCUT2D eigenvalue weighted by Gasteiger charge is -1.97. The topological polar surface area (TPSA) is 48.8 Å². The van der Waals surface area contributed by atoms with Gasteiger partial charge in [-0.05, 0) is 29.5 Å². The maximum atomic E-state index is 8.07. The molecule has 0 aliphatic rings. The van der Waals surface area contributed by atoms with Gasteiger partial charge in [0.2, 0.25) is 0 Å². The molecule has 0 saturated carbocycles. The summed E-state index contributed by atoms with van der Waals surface area (Å²) < 4.78 is 0. The van der Waals surface area contributed by atoms with Gasteiger partial charge >= 0.3 is 0 Å². The molecule has 0 heterocycles. The maximum absolute atomic E-state index is 8.07. The van der Waals surface area contributed by atoms with Gasteiger partial charge in [0.05, 0.1) is 0 Å². The molecule has 0 radical (unpaired) electrons. The summed E-state index contributed by atoms with van der Waals surface area (Å²) in [6, 6.07) is 8.19. The Hall–Kier alpha value is -1.38. The van der Waals surface area contributed by atoms with E-state index in [1.165, 1.54) is 4.90 Å². The molecule has 0 saturated heterocycles. The van der Waals surface area contributed by atoms with Crippen LogP contribution in [0.1, 0.15) is 5.56 Å². The molecule has 0 fully saturated rings. The van der Waals surface area contributed by atoms with Crippen LogP contribution in [0.25, 0.3) is 16.5 Å². The number of hydrogen-bond donors (Lipinski definition) is 0. The normalized spacial score (nSPS) is 10.1. The average molecular weight is 205 g/mol. The summed E-state index contributed by atoms with van der Waals surface area (Å²) in [5.41, 5.74) is 9.20. The third-order valence-corrected chi connectivity index (χ3v) is 2.38. The number of thioether (sulfide) groups is 1. The minimum Gasteiger partial charge on any atom is -0.130 e. The Bertz CT molecular complexity index is 367. The van der Waals surface area contributed by atoms with Crippen molar-refractivity contribution < 1.29 is 0 Å². The molecular weight excluding hydrogens is 194 g/mol. The van der Waals surface area contributed by atoms with Crippen LogP contribution in [-0.4, -0.2) is 12.8 Å². The molecule has 4 heteroatoms. The van der Waals surface area contributed by atoms with E-state index in [2.05, 4.69) is 22.2 Å². The number of benzene rings is 1. The number of rotatable bonds is 4. The molecule has 0 atom stereocenters. The Kier molecular flexibility index (Phi) is 4.69. The standard InChI is InChI=1S/C10H11N3S/c1-14-10-6-2-4-9(8-10)5-3-7-12-13-11/h2-6,8H,7H2,1H3. The summed E-state index contributed by atoms with van der Waals surface area (Å²) in [6.45, 7) is 0.403. The predicted molar refractivity (Wildman–Crippen MR) is 61.3 cm³/mol. The van der Waals surface area contributed by atoms with Crippen molar-refractivity contribution in [1.82, 2.24) is 0 Å². The highest BCUT2D eigenvalue weighted by molar-refractivity contribution is 7.98. The Morgan fingerprint density at radius 2 is 2.43 bits per heavy atom. The van der Waals surface area contributed by atoms with E-state index in [0.29, 0.717) is 6.54 Å². The first-order chi connectivity index (χ1) is 6.86. The zero-order chi connectivity index (χ0) is 10.2. The minimum atomic E-state index is 0.403. The molecule has 1 aromatic carbocycles. The number of azide groups is 1. The second-order valence-electron chi connectivity index (χ2n) is 2.59. The largest absolute Gasteiger partial charge is 0.130 e. The van der Waals surface area contributed by atoms with E-state index in [-0.39, 0.29) is 0 Å². The fraction of sp³-hybridized carbons (Fsp3) is 0.200. The number of nitrogens with zero attached hydrogens (tertiary/aromatic N) is 3. The van der Waals surface area contributed by atoms with Crippen molar-refractivity contribution in [2.75, 3.05) is 12.8 Å². The van der Waals surface area contributed by atoms with Gasteiger partial charge in [0, 0.05) is 16.4 Å². The first-order valence-electron chi connectivity index (χ1n) is 4.18. The van der Waals surface area contributed by atoms with Crippen LogP contribution in [0.3, 0.4) is 0 Å². The second-order valence-corrected chi connectivity index (χ2v) is 3.47. The summed E-state index contributed by atoms with van der Waals surface area (Å²) >= 11 is 1.71. The molecule has 14 heavy (non-hydrogen) atoms. The molecule has 0 bridgehead atoms. The average Bonchev–Trinajstić information content (AvgIpc) is 2.25. The zero-order valence-corrected chi connectivity index (χ0v) is 8.74. The molecule has 0 aliphatic carbocycles. The molecule has 0 aliphatic heterocycles. The Morgan fingerprint density at radius 3 is 3.14 bits per heavy atom. The molecular formula is C10H11N3S.